The van der Waals surface area contributed by atoms with Crippen molar-refractivity contribution in [1.82, 2.24) is 14.9 Å². The molecule has 0 saturated heterocycles. The van der Waals surface area contributed by atoms with Gasteiger partial charge in [-0.05, 0) is 54.5 Å². The molecule has 4 aromatic rings. The van der Waals surface area contributed by atoms with Crippen LogP contribution in [0.15, 0.2) is 66.7 Å². The van der Waals surface area contributed by atoms with E-state index in [0.29, 0.717) is 48.5 Å². The Hall–Kier alpha value is -4.45. The third-order valence-corrected chi connectivity index (χ3v) is 8.05. The van der Waals surface area contributed by atoms with E-state index in [1.54, 1.807) is 36.4 Å². The number of likely N-dealkylation sites (N-methyl/N-ethyl adjacent to an activating group) is 1. The van der Waals surface area contributed by atoms with Gasteiger partial charge in [-0.15, -0.1) is 0 Å². The lowest BCUT2D eigenvalue weighted by atomic mass is 9.73. The summed E-state index contributed by atoms with van der Waals surface area (Å²) in [6, 6.07) is 19.4. The van der Waals surface area contributed by atoms with Gasteiger partial charge in [-0.3, -0.25) is 14.9 Å². The van der Waals surface area contributed by atoms with Gasteiger partial charge in [-0.2, -0.15) is 13.2 Å². The van der Waals surface area contributed by atoms with Gasteiger partial charge in [0.15, 0.2) is 5.52 Å². The van der Waals surface area contributed by atoms with Crippen molar-refractivity contribution >= 4 is 28.6 Å². The Morgan fingerprint density at radius 2 is 1.70 bits per heavy atom. The van der Waals surface area contributed by atoms with Crippen LogP contribution in [0.1, 0.15) is 37.3 Å². The number of amides is 1. The third-order valence-electron chi connectivity index (χ3n) is 8.05. The largest absolute Gasteiger partial charge is 0.405 e. The minimum absolute atomic E-state index is 0.128. The summed E-state index contributed by atoms with van der Waals surface area (Å²) in [6.45, 7) is 1.51. The van der Waals surface area contributed by atoms with Gasteiger partial charge in [0.1, 0.15) is 12.0 Å². The van der Waals surface area contributed by atoms with E-state index in [2.05, 4.69) is 10.3 Å². The van der Waals surface area contributed by atoms with Crippen LogP contribution >= 0.6 is 0 Å². The number of hydrogen-bond donors (Lipinski definition) is 2. The standard InChI is InChI=1S/C31H32F3N5O4/c1-2-37(18-19-40)29-36-27-25(14-9-15-26(27)39(42)43)38(29)17-8-7-16-30(28(41)35-20-31(32,33)34)23-12-5-3-10-21(23)22-11-4-6-13-24(22)30/h3-6,9-15,40H,2,7-8,16-20H2,1H3,(H,35,41). The molecule has 43 heavy (non-hydrogen) atoms. The van der Waals surface area contributed by atoms with Gasteiger partial charge in [-0.25, -0.2) is 4.98 Å². The summed E-state index contributed by atoms with van der Waals surface area (Å²) in [4.78, 5) is 31.4. The number of nitrogens with one attached hydrogen (secondary N) is 1. The Balaban J connectivity index is 1.48. The molecular weight excluding hydrogens is 563 g/mol. The summed E-state index contributed by atoms with van der Waals surface area (Å²) in [5.41, 5.74) is 2.33. The zero-order valence-corrected chi connectivity index (χ0v) is 23.6. The Kier molecular flexibility index (Phi) is 8.41. The molecule has 226 valence electrons. The number of aryl methyl sites for hydroxylation is 1. The topological polar surface area (TPSA) is 114 Å². The fourth-order valence-corrected chi connectivity index (χ4v) is 6.19. The van der Waals surface area contributed by atoms with Crippen LogP contribution < -0.4 is 10.2 Å². The van der Waals surface area contributed by atoms with Crippen LogP contribution in [0, 0.1) is 10.1 Å². The number of aromatic nitrogens is 2. The third kappa shape index (κ3) is 5.54. The van der Waals surface area contributed by atoms with E-state index in [0.717, 1.165) is 11.1 Å². The first-order valence-corrected chi connectivity index (χ1v) is 14.2. The summed E-state index contributed by atoms with van der Waals surface area (Å²) in [6.07, 6.45) is -3.34. The number of nitrogens with zero attached hydrogens (tertiary/aromatic N) is 4. The van der Waals surface area contributed by atoms with Crippen LogP contribution in [0.4, 0.5) is 24.8 Å². The first-order chi connectivity index (χ1) is 20.6. The predicted molar refractivity (Wildman–Crippen MR) is 157 cm³/mol. The molecule has 1 aliphatic rings. The van der Waals surface area contributed by atoms with E-state index >= 15 is 0 Å². The van der Waals surface area contributed by atoms with Gasteiger partial charge in [-0.1, -0.05) is 54.6 Å². The molecule has 0 saturated carbocycles. The number of non-ortho nitro benzene ring substituents is 1. The molecule has 5 rings (SSSR count). The highest BCUT2D eigenvalue weighted by molar-refractivity contribution is 6.00. The number of nitro benzene ring substituents is 1. The van der Waals surface area contributed by atoms with Gasteiger partial charge < -0.3 is 19.9 Å². The van der Waals surface area contributed by atoms with Crippen LogP contribution in [0.3, 0.4) is 0 Å². The molecule has 9 nitrogen and oxygen atoms in total. The van der Waals surface area contributed by atoms with Gasteiger partial charge in [0.05, 0.1) is 17.0 Å². The summed E-state index contributed by atoms with van der Waals surface area (Å²) in [7, 11) is 0. The summed E-state index contributed by atoms with van der Waals surface area (Å²) in [5, 5.41) is 23.5. The van der Waals surface area contributed by atoms with Crippen LogP contribution in [0.25, 0.3) is 22.2 Å². The zero-order valence-electron chi connectivity index (χ0n) is 23.6. The van der Waals surface area contributed by atoms with Crippen molar-refractivity contribution in [1.29, 1.82) is 0 Å². The molecule has 0 fully saturated rings. The molecule has 0 bridgehead atoms. The fraction of sp³-hybridized carbons (Fsp3) is 0.355. The second-order valence-electron chi connectivity index (χ2n) is 10.5. The minimum atomic E-state index is -4.56. The lowest BCUT2D eigenvalue weighted by Crippen LogP contribution is -2.47. The van der Waals surface area contributed by atoms with Crippen molar-refractivity contribution < 1.29 is 28.0 Å². The molecule has 0 radical (unpaired) electrons. The molecule has 0 spiro atoms. The maximum absolute atomic E-state index is 13.8. The number of anilines is 1. The summed E-state index contributed by atoms with van der Waals surface area (Å²) < 4.78 is 41.4. The average molecular weight is 596 g/mol. The Morgan fingerprint density at radius 1 is 1.05 bits per heavy atom. The number of benzene rings is 3. The molecule has 1 heterocycles. The predicted octanol–water partition coefficient (Wildman–Crippen LogP) is 5.58. The quantitative estimate of drug-likeness (QED) is 0.126. The molecule has 1 amide bonds. The lowest BCUT2D eigenvalue weighted by molar-refractivity contribution is -0.383. The number of nitro groups is 1. The fourth-order valence-electron chi connectivity index (χ4n) is 6.19. The van der Waals surface area contributed by atoms with Crippen LogP contribution in [0.2, 0.25) is 0 Å². The van der Waals surface area contributed by atoms with Crippen LogP contribution in [-0.4, -0.2) is 57.9 Å². The Morgan fingerprint density at radius 3 is 2.28 bits per heavy atom. The SMILES string of the molecule is CCN(CCO)c1nc2c([N+](=O)[O-])cccc2n1CCCCC1(C(=O)NCC(F)(F)F)c2ccccc2-c2ccccc21. The number of para-hydroxylation sites is 1. The van der Waals surface area contributed by atoms with E-state index in [4.69, 9.17) is 0 Å². The number of unbranched alkanes of at least 4 members (excludes halogenated alkanes) is 1. The molecular formula is C31H32F3N5O4. The van der Waals surface area contributed by atoms with Gasteiger partial charge in [0.2, 0.25) is 11.9 Å². The van der Waals surface area contributed by atoms with Crippen molar-refractivity contribution in [2.24, 2.45) is 0 Å². The maximum Gasteiger partial charge on any atom is 0.405 e. The molecule has 12 heteroatoms. The summed E-state index contributed by atoms with van der Waals surface area (Å²) in [5.74, 6) is -0.221. The highest BCUT2D eigenvalue weighted by atomic mass is 19.4. The van der Waals surface area contributed by atoms with E-state index in [1.807, 2.05) is 40.7 Å². The van der Waals surface area contributed by atoms with Crippen molar-refractivity contribution in [3.63, 3.8) is 0 Å². The first kappa shape index (κ1) is 30.0. The van der Waals surface area contributed by atoms with E-state index in [-0.39, 0.29) is 30.8 Å². The first-order valence-electron chi connectivity index (χ1n) is 14.2. The van der Waals surface area contributed by atoms with Crippen LogP contribution in [0.5, 0.6) is 0 Å². The molecule has 0 unspecified atom stereocenters. The average Bonchev–Trinajstić information content (AvgIpc) is 3.50. The summed E-state index contributed by atoms with van der Waals surface area (Å²) >= 11 is 0. The number of halogens is 3. The Bertz CT molecular complexity index is 1610. The highest BCUT2D eigenvalue weighted by Crippen LogP contribution is 2.51. The Labute approximate surface area is 246 Å². The maximum atomic E-state index is 13.8. The molecule has 3 aromatic carbocycles. The second kappa shape index (κ2) is 12.0. The number of alkyl halides is 3. The van der Waals surface area contributed by atoms with Crippen LogP contribution in [-0.2, 0) is 16.8 Å². The number of imidazole rings is 1. The van der Waals surface area contributed by atoms with Gasteiger partial charge in [0.25, 0.3) is 5.69 Å². The van der Waals surface area contributed by atoms with Crippen molar-refractivity contribution in [2.45, 2.75) is 44.3 Å². The van der Waals surface area contributed by atoms with E-state index < -0.39 is 29.0 Å². The lowest BCUT2D eigenvalue weighted by Gasteiger charge is -2.31. The molecule has 0 atom stereocenters. The minimum Gasteiger partial charge on any atom is -0.395 e. The zero-order chi connectivity index (χ0) is 30.8. The molecule has 1 aliphatic carbocycles. The smallest absolute Gasteiger partial charge is 0.395 e. The van der Waals surface area contributed by atoms with Gasteiger partial charge in [0, 0.05) is 25.7 Å². The van der Waals surface area contributed by atoms with Crippen molar-refractivity contribution in [2.75, 3.05) is 31.1 Å². The number of carbonyl (C=O) groups is 1. The molecule has 0 aliphatic heterocycles. The highest BCUT2D eigenvalue weighted by Gasteiger charge is 2.49. The van der Waals surface area contributed by atoms with Gasteiger partial charge >= 0.3 is 6.18 Å². The number of carbonyl (C=O) groups excluding carboxylic acids is 1. The normalized spacial score (nSPS) is 13.5. The van der Waals surface area contributed by atoms with Crippen molar-refractivity contribution in [3.05, 3.63) is 88.0 Å². The molecule has 1 aromatic heterocycles. The monoisotopic (exact) mass is 595 g/mol. The van der Waals surface area contributed by atoms with E-state index in [1.165, 1.54) is 6.07 Å². The van der Waals surface area contributed by atoms with E-state index in [9.17, 15) is 33.2 Å². The van der Waals surface area contributed by atoms with Crippen molar-refractivity contribution in [3.8, 4) is 11.1 Å². The number of aliphatic hydroxyl groups is 1. The number of aliphatic hydroxyl groups excluding tert-OH is 1. The number of fused-ring (bicyclic) bond motifs is 4. The second-order valence-corrected chi connectivity index (χ2v) is 10.5. The number of rotatable bonds is 12. The number of hydrogen-bond acceptors (Lipinski definition) is 6. The molecule has 2 N–H and O–H groups in total.